The lowest BCUT2D eigenvalue weighted by atomic mass is 10.1. The van der Waals surface area contributed by atoms with Crippen LogP contribution in [0.5, 0.6) is 0 Å². The molecule has 1 fully saturated rings. The Morgan fingerprint density at radius 1 is 1.52 bits per heavy atom. The molecule has 0 saturated heterocycles. The first kappa shape index (κ1) is 14.0. The number of nitrogens with zero attached hydrogens (tertiary/aromatic N) is 2. The first-order valence-electron chi connectivity index (χ1n) is 7.32. The van der Waals surface area contributed by atoms with Gasteiger partial charge in [-0.15, -0.1) is 0 Å². The Labute approximate surface area is 123 Å². The number of aromatic nitrogens is 2. The highest BCUT2D eigenvalue weighted by atomic mass is 16.5. The van der Waals surface area contributed by atoms with Gasteiger partial charge in [0.2, 0.25) is 0 Å². The standard InChI is InChI=1S/C15H20N4O2/c1-8(16-3)7-17-14(20)11-6-12(10-4-5-10)18-15-13(11)9(2)19-21-15/h6,8,10,16H,4-5,7H2,1-3H3,(H,17,20). The van der Waals surface area contributed by atoms with E-state index in [2.05, 4.69) is 20.8 Å². The van der Waals surface area contributed by atoms with Crippen molar-refractivity contribution in [2.75, 3.05) is 13.6 Å². The lowest BCUT2D eigenvalue weighted by Gasteiger charge is -2.12. The number of carbonyl (C=O) groups is 1. The van der Waals surface area contributed by atoms with Crippen LogP contribution in [0.3, 0.4) is 0 Å². The van der Waals surface area contributed by atoms with Crippen LogP contribution in [0.4, 0.5) is 0 Å². The molecule has 6 heteroatoms. The third kappa shape index (κ3) is 2.76. The second-order valence-electron chi connectivity index (χ2n) is 5.72. The Morgan fingerprint density at radius 3 is 2.95 bits per heavy atom. The smallest absolute Gasteiger partial charge is 0.259 e. The summed E-state index contributed by atoms with van der Waals surface area (Å²) < 4.78 is 5.25. The average Bonchev–Trinajstić information content (AvgIpc) is 3.28. The summed E-state index contributed by atoms with van der Waals surface area (Å²) >= 11 is 0. The zero-order valence-corrected chi connectivity index (χ0v) is 12.6. The summed E-state index contributed by atoms with van der Waals surface area (Å²) in [5.41, 5.74) is 2.71. The summed E-state index contributed by atoms with van der Waals surface area (Å²) in [7, 11) is 1.87. The number of pyridine rings is 1. The lowest BCUT2D eigenvalue weighted by Crippen LogP contribution is -2.37. The molecule has 1 amide bonds. The maximum atomic E-state index is 12.5. The van der Waals surface area contributed by atoms with Gasteiger partial charge in [0.25, 0.3) is 11.6 Å². The van der Waals surface area contributed by atoms with E-state index in [0.29, 0.717) is 34.8 Å². The molecule has 2 aromatic heterocycles. The van der Waals surface area contributed by atoms with Crippen LogP contribution in [-0.2, 0) is 0 Å². The van der Waals surface area contributed by atoms with Crippen molar-refractivity contribution in [2.24, 2.45) is 0 Å². The Kier molecular flexibility index (Phi) is 3.63. The highest BCUT2D eigenvalue weighted by Crippen LogP contribution is 2.40. The van der Waals surface area contributed by atoms with Crippen LogP contribution in [0.15, 0.2) is 10.6 Å². The van der Waals surface area contributed by atoms with Gasteiger partial charge in [-0.1, -0.05) is 5.16 Å². The highest BCUT2D eigenvalue weighted by molar-refractivity contribution is 6.06. The summed E-state index contributed by atoms with van der Waals surface area (Å²) in [5.74, 6) is 0.361. The Hall–Kier alpha value is -1.95. The SMILES string of the molecule is CNC(C)CNC(=O)c1cc(C2CC2)nc2onc(C)c12. The molecule has 2 heterocycles. The fourth-order valence-corrected chi connectivity index (χ4v) is 2.32. The minimum atomic E-state index is -0.0994. The fourth-order valence-electron chi connectivity index (χ4n) is 2.32. The van der Waals surface area contributed by atoms with Crippen molar-refractivity contribution < 1.29 is 9.32 Å². The Morgan fingerprint density at radius 2 is 2.29 bits per heavy atom. The first-order chi connectivity index (χ1) is 10.1. The Balaban J connectivity index is 1.95. The topological polar surface area (TPSA) is 80.0 Å². The molecule has 6 nitrogen and oxygen atoms in total. The molecule has 0 bridgehead atoms. The van der Waals surface area contributed by atoms with E-state index in [-0.39, 0.29) is 11.9 Å². The fraction of sp³-hybridized carbons (Fsp3) is 0.533. The molecule has 2 aromatic rings. The highest BCUT2D eigenvalue weighted by Gasteiger charge is 2.28. The third-order valence-electron chi connectivity index (χ3n) is 3.94. The molecule has 1 aliphatic rings. The first-order valence-corrected chi connectivity index (χ1v) is 7.32. The van der Waals surface area contributed by atoms with Gasteiger partial charge in [-0.25, -0.2) is 4.98 Å². The van der Waals surface area contributed by atoms with Crippen molar-refractivity contribution in [2.45, 2.75) is 38.6 Å². The average molecular weight is 288 g/mol. The zero-order valence-electron chi connectivity index (χ0n) is 12.6. The van der Waals surface area contributed by atoms with E-state index in [1.165, 1.54) is 0 Å². The van der Waals surface area contributed by atoms with Gasteiger partial charge in [0, 0.05) is 24.2 Å². The molecule has 1 aliphatic carbocycles. The van der Waals surface area contributed by atoms with Crippen molar-refractivity contribution in [3.8, 4) is 0 Å². The zero-order chi connectivity index (χ0) is 15.0. The van der Waals surface area contributed by atoms with Crippen LogP contribution >= 0.6 is 0 Å². The molecule has 21 heavy (non-hydrogen) atoms. The van der Waals surface area contributed by atoms with Crippen molar-refractivity contribution >= 4 is 17.0 Å². The summed E-state index contributed by atoms with van der Waals surface area (Å²) in [6, 6.07) is 2.11. The normalized spacial score (nSPS) is 16.1. The van der Waals surface area contributed by atoms with E-state index in [1.807, 2.05) is 27.0 Å². The number of hydrogen-bond acceptors (Lipinski definition) is 5. The predicted molar refractivity (Wildman–Crippen MR) is 79.4 cm³/mol. The summed E-state index contributed by atoms with van der Waals surface area (Å²) in [6.45, 7) is 4.42. The van der Waals surface area contributed by atoms with Crippen LogP contribution < -0.4 is 10.6 Å². The largest absolute Gasteiger partial charge is 0.350 e. The molecular weight excluding hydrogens is 268 g/mol. The van der Waals surface area contributed by atoms with Gasteiger partial charge < -0.3 is 15.2 Å². The molecule has 0 aliphatic heterocycles. The second kappa shape index (κ2) is 5.44. The van der Waals surface area contributed by atoms with E-state index in [1.54, 1.807) is 0 Å². The van der Waals surface area contributed by atoms with Gasteiger partial charge in [0.05, 0.1) is 16.6 Å². The number of nitrogens with one attached hydrogen (secondary N) is 2. The summed E-state index contributed by atoms with van der Waals surface area (Å²) in [6.07, 6.45) is 2.26. The maximum absolute atomic E-state index is 12.5. The molecule has 0 aromatic carbocycles. The molecule has 0 radical (unpaired) electrons. The van der Waals surface area contributed by atoms with Crippen LogP contribution in [0.25, 0.3) is 11.1 Å². The van der Waals surface area contributed by atoms with Gasteiger partial charge in [-0.05, 0) is 39.8 Å². The number of rotatable bonds is 5. The quantitative estimate of drug-likeness (QED) is 0.876. The monoisotopic (exact) mass is 288 g/mol. The van der Waals surface area contributed by atoms with Gasteiger partial charge in [0.15, 0.2) is 0 Å². The van der Waals surface area contributed by atoms with E-state index >= 15 is 0 Å². The van der Waals surface area contributed by atoms with Crippen LogP contribution in [0, 0.1) is 6.92 Å². The minimum absolute atomic E-state index is 0.0994. The van der Waals surface area contributed by atoms with Crippen LogP contribution in [-0.4, -0.2) is 35.7 Å². The molecule has 112 valence electrons. The van der Waals surface area contributed by atoms with Crippen LogP contribution in [0.1, 0.15) is 47.4 Å². The number of amides is 1. The second-order valence-corrected chi connectivity index (χ2v) is 5.72. The molecule has 0 spiro atoms. The number of likely N-dealkylation sites (N-methyl/N-ethyl adjacent to an activating group) is 1. The van der Waals surface area contributed by atoms with Crippen molar-refractivity contribution in [1.82, 2.24) is 20.8 Å². The molecule has 2 N–H and O–H groups in total. The summed E-state index contributed by atoms with van der Waals surface area (Å²) in [4.78, 5) is 17.0. The van der Waals surface area contributed by atoms with Crippen molar-refractivity contribution in [1.29, 1.82) is 0 Å². The summed E-state index contributed by atoms with van der Waals surface area (Å²) in [5, 5.41) is 10.7. The Bertz CT molecular complexity index is 676. The van der Waals surface area contributed by atoms with Crippen molar-refractivity contribution in [3.63, 3.8) is 0 Å². The van der Waals surface area contributed by atoms with Gasteiger partial charge in [-0.2, -0.15) is 0 Å². The molecular formula is C15H20N4O2. The third-order valence-corrected chi connectivity index (χ3v) is 3.94. The molecule has 1 atom stereocenters. The van der Waals surface area contributed by atoms with Crippen LogP contribution in [0.2, 0.25) is 0 Å². The number of hydrogen-bond donors (Lipinski definition) is 2. The predicted octanol–water partition coefficient (Wildman–Crippen LogP) is 1.75. The van der Waals surface area contributed by atoms with Gasteiger partial charge >= 0.3 is 0 Å². The van der Waals surface area contributed by atoms with E-state index in [4.69, 9.17) is 4.52 Å². The van der Waals surface area contributed by atoms with E-state index in [9.17, 15) is 4.79 Å². The number of fused-ring (bicyclic) bond motifs is 1. The van der Waals surface area contributed by atoms with E-state index < -0.39 is 0 Å². The number of carbonyl (C=O) groups excluding carboxylic acids is 1. The molecule has 1 unspecified atom stereocenters. The minimum Gasteiger partial charge on any atom is -0.350 e. The molecule has 1 saturated carbocycles. The van der Waals surface area contributed by atoms with Gasteiger partial charge in [-0.3, -0.25) is 4.79 Å². The maximum Gasteiger partial charge on any atom is 0.259 e. The molecule has 3 rings (SSSR count). The van der Waals surface area contributed by atoms with Gasteiger partial charge in [0.1, 0.15) is 0 Å². The number of aryl methyl sites for hydroxylation is 1. The lowest BCUT2D eigenvalue weighted by molar-refractivity contribution is 0.0952. The van der Waals surface area contributed by atoms with Crippen molar-refractivity contribution in [3.05, 3.63) is 23.0 Å². The van der Waals surface area contributed by atoms with E-state index in [0.717, 1.165) is 18.5 Å².